The zero-order valence-electron chi connectivity index (χ0n) is 6.96. The van der Waals surface area contributed by atoms with E-state index in [2.05, 4.69) is 16.9 Å². The molecule has 0 unspecified atom stereocenters. The summed E-state index contributed by atoms with van der Waals surface area (Å²) >= 11 is 5.63. The summed E-state index contributed by atoms with van der Waals surface area (Å²) in [6.45, 7) is 2.79. The van der Waals surface area contributed by atoms with Crippen LogP contribution >= 0.6 is 11.6 Å². The average molecular weight is 187 g/mol. The maximum absolute atomic E-state index is 5.63. The molecule has 0 amide bonds. The van der Waals surface area contributed by atoms with Crippen molar-refractivity contribution in [1.29, 1.82) is 0 Å². The Balaban J connectivity index is 2.41. The zero-order chi connectivity index (χ0) is 8.81. The van der Waals surface area contributed by atoms with Crippen molar-refractivity contribution in [3.63, 3.8) is 0 Å². The van der Waals surface area contributed by atoms with Gasteiger partial charge >= 0.3 is 0 Å². The molecule has 0 aromatic carbocycles. The zero-order valence-corrected chi connectivity index (χ0v) is 7.71. The summed E-state index contributed by atoms with van der Waals surface area (Å²) in [5.41, 5.74) is 0. The van der Waals surface area contributed by atoms with E-state index in [4.69, 9.17) is 16.3 Å². The number of ether oxygens (including phenoxy) is 1. The molecule has 0 radical (unpaired) electrons. The molecule has 1 heterocycles. The Morgan fingerprint density at radius 3 is 3.00 bits per heavy atom. The highest BCUT2D eigenvalue weighted by Gasteiger charge is 1.95. The van der Waals surface area contributed by atoms with Gasteiger partial charge in [-0.3, -0.25) is 0 Å². The van der Waals surface area contributed by atoms with Gasteiger partial charge in [-0.05, 0) is 6.42 Å². The first-order valence-electron chi connectivity index (χ1n) is 3.93. The number of hydrogen-bond donors (Lipinski definition) is 0. The first kappa shape index (κ1) is 9.26. The number of aromatic nitrogens is 2. The summed E-state index contributed by atoms with van der Waals surface area (Å²) in [6.07, 6.45) is 3.53. The van der Waals surface area contributed by atoms with E-state index >= 15 is 0 Å². The third-order valence-electron chi connectivity index (χ3n) is 1.36. The lowest BCUT2D eigenvalue weighted by molar-refractivity contribution is 0.297. The van der Waals surface area contributed by atoms with E-state index in [1.165, 1.54) is 6.33 Å². The van der Waals surface area contributed by atoms with Crippen LogP contribution < -0.4 is 4.74 Å². The third-order valence-corrected chi connectivity index (χ3v) is 1.56. The molecular weight excluding hydrogens is 176 g/mol. The first-order chi connectivity index (χ1) is 5.83. The van der Waals surface area contributed by atoms with Gasteiger partial charge in [-0.2, -0.15) is 0 Å². The molecule has 0 spiro atoms. The predicted molar refractivity (Wildman–Crippen MR) is 47.4 cm³/mol. The molecule has 0 N–H and O–H groups in total. The van der Waals surface area contributed by atoms with Gasteiger partial charge in [0.05, 0.1) is 6.61 Å². The van der Waals surface area contributed by atoms with Gasteiger partial charge in [-0.25, -0.2) is 9.97 Å². The van der Waals surface area contributed by atoms with Crippen LogP contribution in [0.3, 0.4) is 0 Å². The molecule has 0 aliphatic rings. The Morgan fingerprint density at radius 2 is 2.33 bits per heavy atom. The fourth-order valence-corrected chi connectivity index (χ4v) is 0.854. The molecule has 0 aliphatic carbocycles. The molecule has 4 heteroatoms. The van der Waals surface area contributed by atoms with Crippen molar-refractivity contribution in [2.45, 2.75) is 19.8 Å². The minimum Gasteiger partial charge on any atom is -0.478 e. The molecule has 1 aromatic heterocycles. The van der Waals surface area contributed by atoms with E-state index in [-0.39, 0.29) is 0 Å². The van der Waals surface area contributed by atoms with Crippen LogP contribution in [0.5, 0.6) is 5.88 Å². The Bertz CT molecular complexity index is 242. The molecule has 0 saturated heterocycles. The van der Waals surface area contributed by atoms with Crippen molar-refractivity contribution >= 4 is 11.6 Å². The quantitative estimate of drug-likeness (QED) is 0.535. The second kappa shape index (κ2) is 4.93. The lowest BCUT2D eigenvalue weighted by Gasteiger charge is -2.02. The molecule has 0 aliphatic heterocycles. The van der Waals surface area contributed by atoms with Crippen LogP contribution in [0.15, 0.2) is 12.4 Å². The Kier molecular flexibility index (Phi) is 3.80. The molecule has 0 atom stereocenters. The van der Waals surface area contributed by atoms with Crippen LogP contribution in [0.2, 0.25) is 5.15 Å². The molecule has 1 rings (SSSR count). The van der Waals surface area contributed by atoms with Gasteiger partial charge in [0.15, 0.2) is 0 Å². The van der Waals surface area contributed by atoms with Crippen LogP contribution in [0, 0.1) is 0 Å². The van der Waals surface area contributed by atoms with Crippen LogP contribution in [0.4, 0.5) is 0 Å². The van der Waals surface area contributed by atoms with E-state index in [1.807, 2.05) is 0 Å². The van der Waals surface area contributed by atoms with Crippen LogP contribution in [-0.2, 0) is 0 Å². The Morgan fingerprint density at radius 1 is 1.50 bits per heavy atom. The molecule has 0 saturated carbocycles. The number of hydrogen-bond acceptors (Lipinski definition) is 3. The van der Waals surface area contributed by atoms with E-state index in [0.717, 1.165) is 12.8 Å². The molecule has 1 aromatic rings. The van der Waals surface area contributed by atoms with Gasteiger partial charge in [-0.15, -0.1) is 0 Å². The minimum atomic E-state index is 0.413. The molecular formula is C8H11ClN2O. The Hall–Kier alpha value is -0.830. The monoisotopic (exact) mass is 186 g/mol. The van der Waals surface area contributed by atoms with Gasteiger partial charge in [0.1, 0.15) is 11.5 Å². The lowest BCUT2D eigenvalue weighted by Crippen LogP contribution is -1.98. The second-order valence-electron chi connectivity index (χ2n) is 2.38. The number of halogens is 1. The molecule has 0 bridgehead atoms. The van der Waals surface area contributed by atoms with E-state index in [1.54, 1.807) is 6.07 Å². The number of unbranched alkanes of at least 4 members (excludes halogenated alkanes) is 1. The summed E-state index contributed by atoms with van der Waals surface area (Å²) in [5.74, 6) is 0.545. The largest absolute Gasteiger partial charge is 0.478 e. The van der Waals surface area contributed by atoms with Gasteiger partial charge in [-0.1, -0.05) is 24.9 Å². The maximum atomic E-state index is 5.63. The maximum Gasteiger partial charge on any atom is 0.217 e. The summed E-state index contributed by atoms with van der Waals surface area (Å²) in [4.78, 5) is 7.64. The standard InChI is InChI=1S/C8H11ClN2O/c1-2-3-4-12-8-5-7(9)10-6-11-8/h5-6H,2-4H2,1H3. The van der Waals surface area contributed by atoms with Crippen molar-refractivity contribution in [3.05, 3.63) is 17.5 Å². The summed E-state index contributed by atoms with van der Waals surface area (Å²) < 4.78 is 5.29. The SMILES string of the molecule is CCCCOc1cc(Cl)ncn1. The van der Waals surface area contributed by atoms with Gasteiger partial charge in [0.25, 0.3) is 0 Å². The fourth-order valence-electron chi connectivity index (χ4n) is 0.717. The van der Waals surface area contributed by atoms with Gasteiger partial charge in [0.2, 0.25) is 5.88 Å². The second-order valence-corrected chi connectivity index (χ2v) is 2.77. The van der Waals surface area contributed by atoms with Gasteiger partial charge in [0, 0.05) is 6.07 Å². The molecule has 0 fully saturated rings. The lowest BCUT2D eigenvalue weighted by atomic mass is 10.4. The highest BCUT2D eigenvalue weighted by molar-refractivity contribution is 6.29. The molecule has 3 nitrogen and oxygen atoms in total. The highest BCUT2D eigenvalue weighted by atomic mass is 35.5. The predicted octanol–water partition coefficient (Wildman–Crippen LogP) is 2.31. The van der Waals surface area contributed by atoms with E-state index in [9.17, 15) is 0 Å². The summed E-state index contributed by atoms with van der Waals surface area (Å²) in [5, 5.41) is 0.413. The highest BCUT2D eigenvalue weighted by Crippen LogP contribution is 2.10. The van der Waals surface area contributed by atoms with Crippen LogP contribution in [-0.4, -0.2) is 16.6 Å². The van der Waals surface area contributed by atoms with Crippen molar-refractivity contribution in [2.75, 3.05) is 6.61 Å². The normalized spacial score (nSPS) is 9.83. The fraction of sp³-hybridized carbons (Fsp3) is 0.500. The van der Waals surface area contributed by atoms with Crippen molar-refractivity contribution < 1.29 is 4.74 Å². The smallest absolute Gasteiger partial charge is 0.217 e. The molecule has 12 heavy (non-hydrogen) atoms. The minimum absolute atomic E-state index is 0.413. The van der Waals surface area contributed by atoms with Crippen molar-refractivity contribution in [3.8, 4) is 5.88 Å². The topological polar surface area (TPSA) is 35.0 Å². The summed E-state index contributed by atoms with van der Waals surface area (Å²) in [6, 6.07) is 1.61. The van der Waals surface area contributed by atoms with Gasteiger partial charge < -0.3 is 4.74 Å². The van der Waals surface area contributed by atoms with Crippen molar-refractivity contribution in [1.82, 2.24) is 9.97 Å². The first-order valence-corrected chi connectivity index (χ1v) is 4.31. The summed E-state index contributed by atoms with van der Waals surface area (Å²) in [7, 11) is 0. The number of nitrogens with zero attached hydrogens (tertiary/aromatic N) is 2. The van der Waals surface area contributed by atoms with Crippen LogP contribution in [0.1, 0.15) is 19.8 Å². The average Bonchev–Trinajstić information content (AvgIpc) is 2.05. The Labute approximate surface area is 76.7 Å². The third kappa shape index (κ3) is 3.05. The molecule has 66 valence electrons. The van der Waals surface area contributed by atoms with Crippen LogP contribution in [0.25, 0.3) is 0 Å². The van der Waals surface area contributed by atoms with Crippen molar-refractivity contribution in [2.24, 2.45) is 0 Å². The number of rotatable bonds is 4. The van der Waals surface area contributed by atoms with E-state index < -0.39 is 0 Å². The van der Waals surface area contributed by atoms with E-state index in [0.29, 0.717) is 17.6 Å².